The van der Waals surface area contributed by atoms with Gasteiger partial charge in [0, 0.05) is 0 Å². The molecule has 0 saturated carbocycles. The fraction of sp³-hybridized carbons (Fsp3) is 0.222. The Morgan fingerprint density at radius 1 is 1.15 bits per heavy atom. The third kappa shape index (κ3) is 3.87. The molecule has 1 amide bonds. The number of nitrogens with one attached hydrogen (secondary N) is 1. The lowest BCUT2D eigenvalue weighted by Gasteiger charge is -2.33. The number of fused-ring (bicyclic) bond motifs is 1. The van der Waals surface area contributed by atoms with Gasteiger partial charge in [-0.2, -0.15) is 0 Å². The van der Waals surface area contributed by atoms with Crippen LogP contribution in [0.4, 0.5) is 11.4 Å². The molecule has 1 aliphatic heterocycles. The van der Waals surface area contributed by atoms with E-state index < -0.39 is 28.0 Å². The van der Waals surface area contributed by atoms with Crippen molar-refractivity contribution in [2.45, 2.75) is 6.10 Å². The number of esters is 1. The number of hydrogen-bond donors (Lipinski definition) is 1. The maximum atomic E-state index is 12.7. The second-order valence-corrected chi connectivity index (χ2v) is 7.80. The van der Waals surface area contributed by atoms with Crippen molar-refractivity contribution in [2.75, 3.05) is 29.5 Å². The third-order valence-electron chi connectivity index (χ3n) is 4.02. The Morgan fingerprint density at radius 2 is 1.81 bits per heavy atom. The molecule has 0 spiro atoms. The van der Waals surface area contributed by atoms with Gasteiger partial charge in [0.1, 0.15) is 5.75 Å². The minimum absolute atomic E-state index is 0.179. The zero-order valence-electron chi connectivity index (χ0n) is 14.7. The molecule has 1 atom stereocenters. The molecule has 2 aromatic carbocycles. The summed E-state index contributed by atoms with van der Waals surface area (Å²) in [5.41, 5.74) is 0.811. The van der Waals surface area contributed by atoms with Gasteiger partial charge in [-0.1, -0.05) is 24.3 Å². The fourth-order valence-electron chi connectivity index (χ4n) is 2.75. The highest BCUT2D eigenvalue weighted by molar-refractivity contribution is 7.92. The van der Waals surface area contributed by atoms with Crippen LogP contribution >= 0.6 is 0 Å². The van der Waals surface area contributed by atoms with Crippen LogP contribution in [0, 0.1) is 0 Å². The summed E-state index contributed by atoms with van der Waals surface area (Å²) in [6.45, 7) is -0.179. The number of sulfonamides is 1. The number of carbonyl (C=O) groups excluding carboxylic acids is 2. The van der Waals surface area contributed by atoms with Crippen LogP contribution in [-0.4, -0.2) is 46.3 Å². The maximum Gasteiger partial charge on any atom is 0.339 e. The summed E-state index contributed by atoms with van der Waals surface area (Å²) in [7, 11) is -2.36. The van der Waals surface area contributed by atoms with Gasteiger partial charge in [-0.05, 0) is 24.3 Å². The van der Waals surface area contributed by atoms with Gasteiger partial charge >= 0.3 is 5.97 Å². The average Bonchev–Trinajstić information content (AvgIpc) is 2.66. The molecule has 2 aromatic rings. The van der Waals surface area contributed by atoms with Crippen molar-refractivity contribution in [2.24, 2.45) is 0 Å². The number of hydrogen-bond acceptors (Lipinski definition) is 6. The van der Waals surface area contributed by atoms with Gasteiger partial charge in [0.25, 0.3) is 5.91 Å². The van der Waals surface area contributed by atoms with E-state index in [1.165, 1.54) is 13.2 Å². The van der Waals surface area contributed by atoms with E-state index in [0.29, 0.717) is 5.69 Å². The number of anilines is 2. The smallest absolute Gasteiger partial charge is 0.339 e. The molecule has 3 rings (SSSR count). The van der Waals surface area contributed by atoms with Gasteiger partial charge in [0.2, 0.25) is 10.0 Å². The molecular weight excluding hydrogens is 372 g/mol. The molecule has 1 heterocycles. The second-order valence-electron chi connectivity index (χ2n) is 5.89. The predicted molar refractivity (Wildman–Crippen MR) is 99.5 cm³/mol. The van der Waals surface area contributed by atoms with Crippen molar-refractivity contribution in [1.82, 2.24) is 0 Å². The van der Waals surface area contributed by atoms with Crippen molar-refractivity contribution < 1.29 is 27.5 Å². The molecule has 0 saturated heterocycles. The lowest BCUT2D eigenvalue weighted by molar-refractivity contribution is -0.122. The Balaban J connectivity index is 1.88. The first-order valence-electron chi connectivity index (χ1n) is 8.03. The standard InChI is InChI=1S/C18H18N2O6S/c1-25-18(22)12-7-3-4-8-13(12)19-17(21)16-11-20(27(2,23)24)14-9-5-6-10-15(14)26-16/h3-10,16H,11H2,1-2H3,(H,19,21). The molecule has 0 fully saturated rings. The summed E-state index contributed by atoms with van der Waals surface area (Å²) in [6.07, 6.45) is -0.0169. The van der Waals surface area contributed by atoms with Crippen LogP contribution in [0.2, 0.25) is 0 Å². The number of methoxy groups -OCH3 is 1. The van der Waals surface area contributed by atoms with Crippen molar-refractivity contribution in [3.63, 3.8) is 0 Å². The van der Waals surface area contributed by atoms with Crippen LogP contribution in [0.1, 0.15) is 10.4 Å². The number of benzene rings is 2. The highest BCUT2D eigenvalue weighted by atomic mass is 32.2. The first-order chi connectivity index (χ1) is 12.8. The van der Waals surface area contributed by atoms with Crippen molar-refractivity contribution in [3.8, 4) is 5.75 Å². The zero-order chi connectivity index (χ0) is 19.6. The van der Waals surface area contributed by atoms with Crippen molar-refractivity contribution in [1.29, 1.82) is 0 Å². The monoisotopic (exact) mass is 390 g/mol. The lowest BCUT2D eigenvalue weighted by atomic mass is 10.1. The fourth-order valence-corrected chi connectivity index (χ4v) is 3.66. The maximum absolute atomic E-state index is 12.7. The van der Waals surface area contributed by atoms with E-state index in [1.54, 1.807) is 42.5 Å². The topological polar surface area (TPSA) is 102 Å². The first-order valence-corrected chi connectivity index (χ1v) is 9.87. The van der Waals surface area contributed by atoms with Crippen LogP contribution in [0.3, 0.4) is 0 Å². The molecule has 1 aliphatic rings. The summed E-state index contributed by atoms with van der Waals surface area (Å²) >= 11 is 0. The number of para-hydroxylation sites is 3. The highest BCUT2D eigenvalue weighted by Gasteiger charge is 2.35. The normalized spacial score (nSPS) is 16.1. The van der Waals surface area contributed by atoms with E-state index in [4.69, 9.17) is 9.47 Å². The van der Waals surface area contributed by atoms with E-state index in [0.717, 1.165) is 10.6 Å². The van der Waals surface area contributed by atoms with E-state index in [9.17, 15) is 18.0 Å². The van der Waals surface area contributed by atoms with Crippen molar-refractivity contribution in [3.05, 3.63) is 54.1 Å². The van der Waals surface area contributed by atoms with Crippen LogP contribution in [0.5, 0.6) is 5.75 Å². The number of carbonyl (C=O) groups is 2. The molecule has 0 radical (unpaired) electrons. The quantitative estimate of drug-likeness (QED) is 0.797. The second kappa shape index (κ2) is 7.28. The molecule has 9 heteroatoms. The molecule has 0 aliphatic carbocycles. The molecular formula is C18H18N2O6S. The molecule has 27 heavy (non-hydrogen) atoms. The van der Waals surface area contributed by atoms with E-state index in [1.807, 2.05) is 0 Å². The van der Waals surface area contributed by atoms with E-state index in [-0.39, 0.29) is 23.5 Å². The van der Waals surface area contributed by atoms with Crippen molar-refractivity contribution >= 4 is 33.3 Å². The van der Waals surface area contributed by atoms with Gasteiger partial charge < -0.3 is 14.8 Å². The molecule has 142 valence electrons. The van der Waals surface area contributed by atoms with Gasteiger partial charge in [0.05, 0.1) is 36.8 Å². The van der Waals surface area contributed by atoms with E-state index >= 15 is 0 Å². The number of rotatable bonds is 4. The summed E-state index contributed by atoms with van der Waals surface area (Å²) in [4.78, 5) is 24.6. The van der Waals surface area contributed by atoms with Gasteiger partial charge in [-0.3, -0.25) is 9.10 Å². The first kappa shape index (κ1) is 18.7. The molecule has 0 bridgehead atoms. The predicted octanol–water partition coefficient (Wildman–Crippen LogP) is 1.64. The molecule has 0 aromatic heterocycles. The van der Waals surface area contributed by atoms with Crippen LogP contribution < -0.4 is 14.4 Å². The number of amides is 1. The minimum atomic E-state index is -3.60. The lowest BCUT2D eigenvalue weighted by Crippen LogP contribution is -2.48. The summed E-state index contributed by atoms with van der Waals surface area (Å²) in [6, 6.07) is 12.9. The Labute approximate surface area is 156 Å². The van der Waals surface area contributed by atoms with Crippen LogP contribution in [-0.2, 0) is 19.6 Å². The summed E-state index contributed by atoms with van der Waals surface area (Å²) in [5.74, 6) is -0.886. The zero-order valence-corrected chi connectivity index (χ0v) is 15.5. The van der Waals surface area contributed by atoms with Gasteiger partial charge in [0.15, 0.2) is 6.10 Å². The van der Waals surface area contributed by atoms with E-state index in [2.05, 4.69) is 5.32 Å². The molecule has 8 nitrogen and oxygen atoms in total. The average molecular weight is 390 g/mol. The molecule has 1 unspecified atom stereocenters. The largest absolute Gasteiger partial charge is 0.476 e. The highest BCUT2D eigenvalue weighted by Crippen LogP contribution is 2.34. The third-order valence-corrected chi connectivity index (χ3v) is 5.16. The number of nitrogens with zero attached hydrogens (tertiary/aromatic N) is 1. The summed E-state index contributed by atoms with van der Waals surface area (Å²) in [5, 5.41) is 2.61. The Kier molecular flexibility index (Phi) is 5.04. The SMILES string of the molecule is COC(=O)c1ccccc1NC(=O)C1CN(S(C)(=O)=O)c2ccccc2O1. The van der Waals surface area contributed by atoms with Gasteiger partial charge in [-0.15, -0.1) is 0 Å². The van der Waals surface area contributed by atoms with Crippen LogP contribution in [0.15, 0.2) is 48.5 Å². The summed E-state index contributed by atoms with van der Waals surface area (Å²) < 4.78 is 35.8. The van der Waals surface area contributed by atoms with Crippen LogP contribution in [0.25, 0.3) is 0 Å². The number of ether oxygens (including phenoxy) is 2. The Bertz CT molecular complexity index is 989. The molecule has 1 N–H and O–H groups in total. The Hall–Kier alpha value is -3.07. The Morgan fingerprint density at radius 3 is 2.52 bits per heavy atom. The van der Waals surface area contributed by atoms with Gasteiger partial charge in [-0.25, -0.2) is 13.2 Å². The minimum Gasteiger partial charge on any atom is -0.476 e.